The predicted molar refractivity (Wildman–Crippen MR) is 60.1 cm³/mol. The molecule has 1 aliphatic heterocycles. The molecule has 1 aromatic carbocycles. The van der Waals surface area contributed by atoms with E-state index in [1.54, 1.807) is 0 Å². The van der Waals surface area contributed by atoms with E-state index in [2.05, 4.69) is 12.1 Å². The van der Waals surface area contributed by atoms with Crippen LogP contribution in [0.2, 0.25) is 0 Å². The van der Waals surface area contributed by atoms with Gasteiger partial charge in [-0.3, -0.25) is 0 Å². The van der Waals surface area contributed by atoms with Gasteiger partial charge in [0, 0.05) is 11.6 Å². The summed E-state index contributed by atoms with van der Waals surface area (Å²) in [6, 6.07) is 4.68. The first-order chi connectivity index (χ1) is 7.34. The maximum Gasteiger partial charge on any atom is 0.124 e. The van der Waals surface area contributed by atoms with Crippen LogP contribution in [0.5, 0.6) is 5.75 Å². The molecule has 15 heavy (non-hydrogen) atoms. The number of ether oxygens (including phenoxy) is 1. The van der Waals surface area contributed by atoms with Crippen LogP contribution in [0.1, 0.15) is 42.0 Å². The molecule has 1 heterocycles. The maximum atomic E-state index is 6.16. The fraction of sp³-hybridized carbons (Fsp3) is 0.538. The smallest absolute Gasteiger partial charge is 0.124 e. The third-order valence-electron chi connectivity index (χ3n) is 3.54. The Bertz CT molecular complexity index is 386. The third kappa shape index (κ3) is 1.53. The normalized spacial score (nSPS) is 23.9. The number of hydrogen-bond acceptors (Lipinski definition) is 2. The van der Waals surface area contributed by atoms with Gasteiger partial charge in [0.05, 0.1) is 6.61 Å². The summed E-state index contributed by atoms with van der Waals surface area (Å²) in [5, 5.41) is 0. The van der Waals surface area contributed by atoms with Crippen molar-refractivity contribution in [3.8, 4) is 5.75 Å². The molecule has 0 saturated heterocycles. The molecule has 2 aliphatic rings. The van der Waals surface area contributed by atoms with Crippen molar-refractivity contribution in [2.45, 2.75) is 38.1 Å². The highest BCUT2D eigenvalue weighted by Crippen LogP contribution is 2.35. The molecular formula is C13H17NO. The summed E-state index contributed by atoms with van der Waals surface area (Å²) in [4.78, 5) is 0. The Morgan fingerprint density at radius 1 is 1.13 bits per heavy atom. The Morgan fingerprint density at radius 2 is 1.93 bits per heavy atom. The van der Waals surface area contributed by atoms with E-state index < -0.39 is 0 Å². The SMILES string of the molecule is NC1CCCOc2cc3c(cc21)CCC3. The van der Waals surface area contributed by atoms with Crippen LogP contribution in [0.3, 0.4) is 0 Å². The molecule has 1 unspecified atom stereocenters. The minimum absolute atomic E-state index is 0.174. The van der Waals surface area contributed by atoms with Crippen molar-refractivity contribution in [2.24, 2.45) is 5.73 Å². The van der Waals surface area contributed by atoms with Crippen LogP contribution in [-0.4, -0.2) is 6.61 Å². The van der Waals surface area contributed by atoms with Gasteiger partial charge in [-0.15, -0.1) is 0 Å². The van der Waals surface area contributed by atoms with Crippen molar-refractivity contribution < 1.29 is 4.74 Å². The van der Waals surface area contributed by atoms with Gasteiger partial charge < -0.3 is 10.5 Å². The molecule has 0 aromatic heterocycles. The van der Waals surface area contributed by atoms with E-state index in [-0.39, 0.29) is 6.04 Å². The molecule has 0 saturated carbocycles. The lowest BCUT2D eigenvalue weighted by molar-refractivity contribution is 0.316. The van der Waals surface area contributed by atoms with Crippen molar-refractivity contribution >= 4 is 0 Å². The number of hydrogen-bond donors (Lipinski definition) is 1. The van der Waals surface area contributed by atoms with Crippen LogP contribution in [-0.2, 0) is 12.8 Å². The van der Waals surface area contributed by atoms with Crippen molar-refractivity contribution in [1.82, 2.24) is 0 Å². The summed E-state index contributed by atoms with van der Waals surface area (Å²) < 4.78 is 5.76. The van der Waals surface area contributed by atoms with E-state index in [1.807, 2.05) is 0 Å². The molecule has 2 heteroatoms. The maximum absolute atomic E-state index is 6.16. The molecule has 0 amide bonds. The first-order valence-corrected chi connectivity index (χ1v) is 5.88. The molecule has 80 valence electrons. The number of benzene rings is 1. The van der Waals surface area contributed by atoms with Crippen LogP contribution in [0.25, 0.3) is 0 Å². The average molecular weight is 203 g/mol. The molecule has 1 aromatic rings. The van der Waals surface area contributed by atoms with Gasteiger partial charge in [-0.05, 0) is 49.3 Å². The lowest BCUT2D eigenvalue weighted by atomic mass is 9.98. The molecule has 0 bridgehead atoms. The number of aryl methyl sites for hydroxylation is 2. The predicted octanol–water partition coefficient (Wildman–Crippen LogP) is 2.35. The van der Waals surface area contributed by atoms with Gasteiger partial charge in [0.1, 0.15) is 5.75 Å². The van der Waals surface area contributed by atoms with Crippen LogP contribution in [0.4, 0.5) is 0 Å². The highest BCUT2D eigenvalue weighted by molar-refractivity contribution is 5.46. The van der Waals surface area contributed by atoms with Crippen LogP contribution in [0, 0.1) is 0 Å². The minimum atomic E-state index is 0.174. The van der Waals surface area contributed by atoms with Crippen molar-refractivity contribution in [1.29, 1.82) is 0 Å². The molecule has 0 fully saturated rings. The zero-order valence-electron chi connectivity index (χ0n) is 8.96. The summed E-state index contributed by atoms with van der Waals surface area (Å²) in [5.74, 6) is 1.04. The molecule has 2 nitrogen and oxygen atoms in total. The Hall–Kier alpha value is -1.02. The number of nitrogens with two attached hydrogens (primary N) is 1. The lowest BCUT2D eigenvalue weighted by Gasteiger charge is -2.14. The van der Waals surface area contributed by atoms with Crippen molar-refractivity contribution in [3.63, 3.8) is 0 Å². The topological polar surface area (TPSA) is 35.2 Å². The zero-order valence-corrected chi connectivity index (χ0v) is 8.96. The van der Waals surface area contributed by atoms with E-state index in [0.717, 1.165) is 25.2 Å². The Kier molecular flexibility index (Phi) is 2.17. The highest BCUT2D eigenvalue weighted by atomic mass is 16.5. The zero-order chi connectivity index (χ0) is 10.3. The van der Waals surface area contributed by atoms with Gasteiger partial charge in [0.15, 0.2) is 0 Å². The van der Waals surface area contributed by atoms with E-state index >= 15 is 0 Å². The molecule has 1 aliphatic carbocycles. The number of fused-ring (bicyclic) bond motifs is 2. The average Bonchev–Trinajstić information content (AvgIpc) is 2.62. The van der Waals surface area contributed by atoms with Crippen LogP contribution in [0.15, 0.2) is 12.1 Å². The molecule has 1 atom stereocenters. The van der Waals surface area contributed by atoms with Crippen LogP contribution < -0.4 is 10.5 Å². The van der Waals surface area contributed by atoms with Gasteiger partial charge in [0.25, 0.3) is 0 Å². The quantitative estimate of drug-likeness (QED) is 0.702. The molecule has 0 spiro atoms. The number of rotatable bonds is 0. The molecule has 2 N–H and O–H groups in total. The Balaban J connectivity index is 2.09. The summed E-state index contributed by atoms with van der Waals surface area (Å²) in [5.41, 5.74) is 10.4. The van der Waals surface area contributed by atoms with E-state index in [4.69, 9.17) is 10.5 Å². The third-order valence-corrected chi connectivity index (χ3v) is 3.54. The summed E-state index contributed by atoms with van der Waals surface area (Å²) in [6.45, 7) is 0.819. The Morgan fingerprint density at radius 3 is 2.80 bits per heavy atom. The highest BCUT2D eigenvalue weighted by Gasteiger charge is 2.20. The second-order valence-corrected chi connectivity index (χ2v) is 4.61. The second kappa shape index (κ2) is 3.53. The largest absolute Gasteiger partial charge is 0.493 e. The van der Waals surface area contributed by atoms with Crippen molar-refractivity contribution in [3.05, 3.63) is 28.8 Å². The lowest BCUT2D eigenvalue weighted by Crippen LogP contribution is -2.09. The van der Waals surface area contributed by atoms with Crippen molar-refractivity contribution in [2.75, 3.05) is 6.61 Å². The van der Waals surface area contributed by atoms with Gasteiger partial charge in [-0.2, -0.15) is 0 Å². The monoisotopic (exact) mass is 203 g/mol. The summed E-state index contributed by atoms with van der Waals surface area (Å²) in [6.07, 6.45) is 5.83. The standard InChI is InChI=1S/C13H17NO/c14-12-5-2-6-15-13-8-10-4-1-3-9(10)7-11(12)13/h7-8,12H,1-6,14H2. The van der Waals surface area contributed by atoms with Gasteiger partial charge >= 0.3 is 0 Å². The molecule has 3 rings (SSSR count). The first kappa shape index (κ1) is 9.22. The van der Waals surface area contributed by atoms with Gasteiger partial charge in [-0.1, -0.05) is 6.07 Å². The van der Waals surface area contributed by atoms with E-state index in [1.165, 1.54) is 36.0 Å². The Labute approximate surface area is 90.4 Å². The van der Waals surface area contributed by atoms with E-state index in [0.29, 0.717) is 0 Å². The minimum Gasteiger partial charge on any atom is -0.493 e. The molecule has 0 radical (unpaired) electrons. The summed E-state index contributed by atoms with van der Waals surface area (Å²) >= 11 is 0. The van der Waals surface area contributed by atoms with Gasteiger partial charge in [-0.25, -0.2) is 0 Å². The molecular weight excluding hydrogens is 186 g/mol. The second-order valence-electron chi connectivity index (χ2n) is 4.61. The fourth-order valence-electron chi connectivity index (χ4n) is 2.68. The first-order valence-electron chi connectivity index (χ1n) is 5.88. The van der Waals surface area contributed by atoms with E-state index in [9.17, 15) is 0 Å². The van der Waals surface area contributed by atoms with Gasteiger partial charge in [0.2, 0.25) is 0 Å². The fourth-order valence-corrected chi connectivity index (χ4v) is 2.68. The summed E-state index contributed by atoms with van der Waals surface area (Å²) in [7, 11) is 0. The van der Waals surface area contributed by atoms with Crippen LogP contribution >= 0.6 is 0 Å².